The average Bonchev–Trinajstić information content (AvgIpc) is 2.65. The molecule has 0 unspecified atom stereocenters. The largest absolute Gasteiger partial charge is 0.504 e. The predicted molar refractivity (Wildman–Crippen MR) is 105 cm³/mol. The molecular weight excluding hydrogens is 441 g/mol. The summed E-state index contributed by atoms with van der Waals surface area (Å²) < 4.78 is 6.16. The number of carboxylic acid groups (broad SMARTS) is 1. The average molecular weight is 454 g/mol. The number of aromatic hydroxyl groups is 1. The van der Waals surface area contributed by atoms with Crippen LogP contribution in [-0.4, -0.2) is 40.9 Å². The molecule has 0 saturated heterocycles. The van der Waals surface area contributed by atoms with Gasteiger partial charge in [0.2, 0.25) is 5.69 Å². The molecule has 0 atom stereocenters. The molecule has 30 heavy (non-hydrogen) atoms. The van der Waals surface area contributed by atoms with Gasteiger partial charge in [0.05, 0.1) is 27.6 Å². The molecule has 0 spiro atoms. The number of aromatic carboxylic acids is 1. The topological polar surface area (TPSA) is 160 Å². The second-order valence-electron chi connectivity index (χ2n) is 6.24. The van der Waals surface area contributed by atoms with Gasteiger partial charge >= 0.3 is 17.7 Å². The van der Waals surface area contributed by atoms with Crippen LogP contribution in [0.5, 0.6) is 17.5 Å². The number of nitrogens with zero attached hydrogens (tertiary/aromatic N) is 4. The molecule has 1 aromatic carbocycles. The standard InChI is InChI=1S/C17H13Cl2N5O6/c1-6(2)11-10(25)5-20-16(21-11)30-13-8(18)3-7(4-9(13)19)24-17(29)22-14(26)12(23-24)15(27)28/h3-6,25H,1-2H3,(H,27,28)(H,22,26,29). The highest BCUT2D eigenvalue weighted by Gasteiger charge is 2.19. The van der Waals surface area contributed by atoms with Crippen LogP contribution in [0, 0.1) is 0 Å². The summed E-state index contributed by atoms with van der Waals surface area (Å²) in [6.07, 6.45) is 1.17. The van der Waals surface area contributed by atoms with Gasteiger partial charge in [0.1, 0.15) is 0 Å². The molecule has 3 rings (SSSR count). The number of benzene rings is 1. The third-order valence-corrected chi connectivity index (χ3v) is 4.34. The Morgan fingerprint density at radius 2 is 1.87 bits per heavy atom. The van der Waals surface area contributed by atoms with Crippen molar-refractivity contribution in [2.24, 2.45) is 0 Å². The van der Waals surface area contributed by atoms with Crippen molar-refractivity contribution >= 4 is 29.2 Å². The number of halogens is 2. The summed E-state index contributed by atoms with van der Waals surface area (Å²) >= 11 is 12.4. The number of aromatic amines is 1. The van der Waals surface area contributed by atoms with Crippen LogP contribution in [-0.2, 0) is 0 Å². The number of hydrogen-bond donors (Lipinski definition) is 3. The minimum absolute atomic E-state index is 0.0180. The number of carboxylic acids is 1. The second-order valence-corrected chi connectivity index (χ2v) is 7.06. The van der Waals surface area contributed by atoms with Crippen LogP contribution in [0.1, 0.15) is 35.9 Å². The van der Waals surface area contributed by atoms with E-state index in [0.29, 0.717) is 10.4 Å². The number of H-pyrrole nitrogens is 1. The van der Waals surface area contributed by atoms with Crippen LogP contribution < -0.4 is 16.0 Å². The van der Waals surface area contributed by atoms with Crippen molar-refractivity contribution in [2.45, 2.75) is 19.8 Å². The molecule has 0 fully saturated rings. The number of aromatic nitrogens is 5. The first-order chi connectivity index (χ1) is 14.1. The zero-order valence-electron chi connectivity index (χ0n) is 15.4. The molecule has 2 heterocycles. The van der Waals surface area contributed by atoms with E-state index in [0.717, 1.165) is 0 Å². The fourth-order valence-electron chi connectivity index (χ4n) is 2.42. The molecular formula is C17H13Cl2N5O6. The third-order valence-electron chi connectivity index (χ3n) is 3.77. The van der Waals surface area contributed by atoms with Crippen molar-refractivity contribution in [1.82, 2.24) is 24.7 Å². The van der Waals surface area contributed by atoms with Gasteiger partial charge in [-0.25, -0.2) is 9.59 Å². The maximum atomic E-state index is 12.0. The van der Waals surface area contributed by atoms with E-state index in [1.165, 1.54) is 18.3 Å². The highest BCUT2D eigenvalue weighted by Crippen LogP contribution is 2.37. The Balaban J connectivity index is 2.05. The van der Waals surface area contributed by atoms with E-state index < -0.39 is 22.9 Å². The molecule has 0 aliphatic carbocycles. The molecule has 11 nitrogen and oxygen atoms in total. The van der Waals surface area contributed by atoms with Crippen LogP contribution in [0.25, 0.3) is 5.69 Å². The zero-order chi connectivity index (χ0) is 22.2. The smallest absolute Gasteiger partial charge is 0.362 e. The monoisotopic (exact) mass is 453 g/mol. The van der Waals surface area contributed by atoms with Crippen LogP contribution in [0.4, 0.5) is 0 Å². The van der Waals surface area contributed by atoms with Gasteiger partial charge < -0.3 is 14.9 Å². The molecule has 0 aliphatic heterocycles. The lowest BCUT2D eigenvalue weighted by molar-refractivity contribution is 0.0685. The summed E-state index contributed by atoms with van der Waals surface area (Å²) in [4.78, 5) is 44.5. The Morgan fingerprint density at radius 3 is 2.43 bits per heavy atom. The molecule has 3 N–H and O–H groups in total. The molecule has 156 valence electrons. The van der Waals surface area contributed by atoms with E-state index in [-0.39, 0.29) is 39.2 Å². The first kappa shape index (κ1) is 21.3. The highest BCUT2D eigenvalue weighted by atomic mass is 35.5. The minimum Gasteiger partial charge on any atom is -0.504 e. The summed E-state index contributed by atoms with van der Waals surface area (Å²) in [5, 5.41) is 22.2. The number of carbonyl (C=O) groups is 1. The number of nitrogens with one attached hydrogen (secondary N) is 1. The predicted octanol–water partition coefficient (Wildman–Crippen LogP) is 2.34. The third kappa shape index (κ3) is 4.11. The molecule has 2 aromatic heterocycles. The van der Waals surface area contributed by atoms with Gasteiger partial charge in [-0.2, -0.15) is 19.7 Å². The Hall–Kier alpha value is -3.44. The van der Waals surface area contributed by atoms with Crippen molar-refractivity contribution in [3.8, 4) is 23.2 Å². The number of hydrogen-bond acceptors (Lipinski definition) is 8. The maximum Gasteiger partial charge on any atom is 0.362 e. The molecule has 0 aliphatic rings. The molecule has 0 saturated carbocycles. The second kappa shape index (κ2) is 8.13. The molecule has 0 radical (unpaired) electrons. The summed E-state index contributed by atoms with van der Waals surface area (Å²) in [7, 11) is 0. The summed E-state index contributed by atoms with van der Waals surface area (Å²) in [6, 6.07) is 2.33. The molecule has 0 amide bonds. The maximum absolute atomic E-state index is 12.0. The Labute approximate surface area is 177 Å². The normalized spacial score (nSPS) is 11.0. The van der Waals surface area contributed by atoms with Crippen molar-refractivity contribution < 1.29 is 19.7 Å². The Kier molecular flexibility index (Phi) is 5.76. The first-order valence-corrected chi connectivity index (χ1v) is 9.04. The minimum atomic E-state index is -1.62. The lowest BCUT2D eigenvalue weighted by atomic mass is 10.1. The Morgan fingerprint density at radius 1 is 1.23 bits per heavy atom. The summed E-state index contributed by atoms with van der Waals surface area (Å²) in [5.74, 6) is -1.86. The van der Waals surface area contributed by atoms with E-state index in [2.05, 4.69) is 15.1 Å². The van der Waals surface area contributed by atoms with Gasteiger partial charge in [-0.3, -0.25) is 9.78 Å². The van der Waals surface area contributed by atoms with Gasteiger partial charge in [-0.1, -0.05) is 37.0 Å². The lowest BCUT2D eigenvalue weighted by Gasteiger charge is -2.13. The van der Waals surface area contributed by atoms with E-state index in [4.69, 9.17) is 33.0 Å². The summed E-state index contributed by atoms with van der Waals surface area (Å²) in [6.45, 7) is 3.64. The number of ether oxygens (including phenoxy) is 1. The van der Waals surface area contributed by atoms with Gasteiger partial charge in [-0.05, 0) is 18.1 Å². The molecule has 3 aromatic rings. The fraction of sp³-hybridized carbons (Fsp3) is 0.176. The fourth-order valence-corrected chi connectivity index (χ4v) is 2.97. The van der Waals surface area contributed by atoms with Crippen molar-refractivity contribution in [1.29, 1.82) is 0 Å². The first-order valence-electron chi connectivity index (χ1n) is 8.28. The van der Waals surface area contributed by atoms with Gasteiger partial charge in [0.15, 0.2) is 11.5 Å². The van der Waals surface area contributed by atoms with Gasteiger partial charge in [-0.15, -0.1) is 0 Å². The van der Waals surface area contributed by atoms with Crippen LogP contribution in [0.3, 0.4) is 0 Å². The van der Waals surface area contributed by atoms with E-state index in [9.17, 15) is 19.5 Å². The molecule has 0 bridgehead atoms. The highest BCUT2D eigenvalue weighted by molar-refractivity contribution is 6.37. The van der Waals surface area contributed by atoms with Crippen molar-refractivity contribution in [2.75, 3.05) is 0 Å². The zero-order valence-corrected chi connectivity index (χ0v) is 16.9. The van der Waals surface area contributed by atoms with Crippen LogP contribution >= 0.6 is 23.2 Å². The number of rotatable bonds is 5. The van der Waals surface area contributed by atoms with Crippen molar-refractivity contribution in [3.05, 3.63) is 60.6 Å². The summed E-state index contributed by atoms with van der Waals surface area (Å²) in [5.41, 5.74) is -2.69. The molecule has 13 heteroatoms. The van der Waals surface area contributed by atoms with E-state index >= 15 is 0 Å². The van der Waals surface area contributed by atoms with Crippen LogP contribution in [0.15, 0.2) is 27.9 Å². The van der Waals surface area contributed by atoms with Gasteiger partial charge in [0.25, 0.3) is 5.56 Å². The SMILES string of the molecule is CC(C)c1nc(Oc2c(Cl)cc(-n3nc(C(=O)O)c(=O)[nH]c3=O)cc2Cl)ncc1O. The Bertz CT molecular complexity index is 1250. The lowest BCUT2D eigenvalue weighted by Crippen LogP contribution is -2.35. The van der Waals surface area contributed by atoms with Crippen molar-refractivity contribution in [3.63, 3.8) is 0 Å². The van der Waals surface area contributed by atoms with E-state index in [1.54, 1.807) is 0 Å². The van der Waals surface area contributed by atoms with Crippen LogP contribution in [0.2, 0.25) is 10.0 Å². The van der Waals surface area contributed by atoms with Gasteiger partial charge in [0, 0.05) is 0 Å². The quantitative estimate of drug-likeness (QED) is 0.526. The van der Waals surface area contributed by atoms with E-state index in [1.807, 2.05) is 18.8 Å².